The second-order valence-corrected chi connectivity index (χ2v) is 6.19. The number of hydrogen-bond acceptors (Lipinski definition) is 1. The molecule has 0 aromatic rings. The fraction of sp³-hybridized carbons (Fsp3) is 1.00. The molecule has 2 aliphatic carbocycles. The Bertz CT molecular complexity index is 287. The van der Waals surface area contributed by atoms with Gasteiger partial charge in [-0.1, -0.05) is 6.92 Å². The molecule has 2 aliphatic rings. The monoisotopic (exact) mass is 278 g/mol. The van der Waals surface area contributed by atoms with Crippen molar-refractivity contribution in [3.05, 3.63) is 0 Å². The van der Waals surface area contributed by atoms with Crippen molar-refractivity contribution in [2.24, 2.45) is 17.8 Å². The third-order valence-corrected chi connectivity index (χ3v) is 4.95. The van der Waals surface area contributed by atoms with E-state index in [1.54, 1.807) is 6.92 Å². The lowest BCUT2D eigenvalue weighted by Gasteiger charge is -2.41. The zero-order valence-electron chi connectivity index (χ0n) is 11.8. The molecular formula is C15H25F3O. The lowest BCUT2D eigenvalue weighted by atomic mass is 9.69. The van der Waals surface area contributed by atoms with E-state index < -0.39 is 18.5 Å². The fourth-order valence-electron chi connectivity index (χ4n) is 3.73. The summed E-state index contributed by atoms with van der Waals surface area (Å²) in [4.78, 5) is 0. The van der Waals surface area contributed by atoms with Crippen LogP contribution in [0, 0.1) is 17.8 Å². The van der Waals surface area contributed by atoms with Gasteiger partial charge in [-0.25, -0.2) is 13.2 Å². The molecule has 0 spiro atoms. The van der Waals surface area contributed by atoms with Crippen LogP contribution in [0.2, 0.25) is 0 Å². The minimum atomic E-state index is -1.41. The summed E-state index contributed by atoms with van der Waals surface area (Å²) in [5.41, 5.74) is 0. The normalized spacial score (nSPS) is 48.2. The highest BCUT2D eigenvalue weighted by Gasteiger charge is 2.44. The Labute approximate surface area is 113 Å². The quantitative estimate of drug-likeness (QED) is 0.750. The molecule has 112 valence electrons. The summed E-state index contributed by atoms with van der Waals surface area (Å²) in [6.45, 7) is 4.12. The molecule has 2 saturated carbocycles. The van der Waals surface area contributed by atoms with Crippen LogP contribution in [-0.2, 0) is 4.74 Å². The van der Waals surface area contributed by atoms with Crippen LogP contribution in [0.1, 0.15) is 46.0 Å². The average molecular weight is 278 g/mol. The van der Waals surface area contributed by atoms with E-state index >= 15 is 0 Å². The van der Waals surface area contributed by atoms with Crippen molar-refractivity contribution < 1.29 is 17.9 Å². The third kappa shape index (κ3) is 3.26. The van der Waals surface area contributed by atoms with Crippen molar-refractivity contribution >= 4 is 0 Å². The first-order valence-corrected chi connectivity index (χ1v) is 7.58. The molecule has 7 unspecified atom stereocenters. The summed E-state index contributed by atoms with van der Waals surface area (Å²) in [6, 6.07) is 0. The highest BCUT2D eigenvalue weighted by Crippen LogP contribution is 2.43. The van der Waals surface area contributed by atoms with Gasteiger partial charge in [0.15, 0.2) is 0 Å². The minimum absolute atomic E-state index is 0.0209. The lowest BCUT2D eigenvalue weighted by molar-refractivity contribution is -0.0610. The molecule has 0 heterocycles. The summed E-state index contributed by atoms with van der Waals surface area (Å²) in [5, 5.41) is 0. The average Bonchev–Trinajstić information content (AvgIpc) is 2.39. The van der Waals surface area contributed by atoms with Crippen LogP contribution < -0.4 is 0 Å². The van der Waals surface area contributed by atoms with Gasteiger partial charge >= 0.3 is 0 Å². The number of hydrogen-bond donors (Lipinski definition) is 0. The largest absolute Gasteiger partial charge is 0.375 e. The molecule has 2 rings (SSSR count). The first-order chi connectivity index (χ1) is 9.04. The van der Waals surface area contributed by atoms with Gasteiger partial charge in [0, 0.05) is 6.61 Å². The minimum Gasteiger partial charge on any atom is -0.375 e. The van der Waals surface area contributed by atoms with E-state index in [1.165, 1.54) is 0 Å². The molecule has 0 aromatic heterocycles. The van der Waals surface area contributed by atoms with Crippen LogP contribution in [0.3, 0.4) is 0 Å². The van der Waals surface area contributed by atoms with Gasteiger partial charge in [-0.05, 0) is 56.8 Å². The Balaban J connectivity index is 1.93. The predicted molar refractivity (Wildman–Crippen MR) is 69.3 cm³/mol. The van der Waals surface area contributed by atoms with E-state index in [0.717, 1.165) is 6.42 Å². The Morgan fingerprint density at radius 3 is 2.37 bits per heavy atom. The molecule has 0 bridgehead atoms. The fourth-order valence-corrected chi connectivity index (χ4v) is 3.73. The molecule has 7 atom stereocenters. The van der Waals surface area contributed by atoms with E-state index in [2.05, 4.69) is 0 Å². The first-order valence-electron chi connectivity index (χ1n) is 7.58. The highest BCUT2D eigenvalue weighted by molar-refractivity contribution is 4.93. The van der Waals surface area contributed by atoms with Crippen LogP contribution in [0.4, 0.5) is 13.2 Å². The van der Waals surface area contributed by atoms with Crippen molar-refractivity contribution in [3.63, 3.8) is 0 Å². The molecule has 0 saturated heterocycles. The van der Waals surface area contributed by atoms with Crippen molar-refractivity contribution in [1.82, 2.24) is 0 Å². The van der Waals surface area contributed by atoms with Crippen molar-refractivity contribution in [2.75, 3.05) is 6.61 Å². The summed E-state index contributed by atoms with van der Waals surface area (Å²) in [7, 11) is 0. The van der Waals surface area contributed by atoms with Gasteiger partial charge in [-0.2, -0.15) is 0 Å². The SMILES string of the molecule is CCOC1CCC(C2CCC(C)C(F)C2F)CC1F. The molecule has 19 heavy (non-hydrogen) atoms. The molecular weight excluding hydrogens is 253 g/mol. The van der Waals surface area contributed by atoms with E-state index in [1.807, 2.05) is 6.92 Å². The molecule has 0 radical (unpaired) electrons. The zero-order chi connectivity index (χ0) is 14.0. The summed E-state index contributed by atoms with van der Waals surface area (Å²) in [6.07, 6.45) is -1.02. The van der Waals surface area contributed by atoms with Crippen molar-refractivity contribution in [2.45, 2.75) is 70.6 Å². The molecule has 0 aromatic carbocycles. The maximum absolute atomic E-state index is 14.1. The van der Waals surface area contributed by atoms with E-state index in [-0.39, 0.29) is 23.9 Å². The standard InChI is InChI=1S/C15H25F3O/c1-3-19-13-7-5-10(8-12(13)16)11-6-4-9(2)14(17)15(11)18/h9-15H,3-8H2,1-2H3. The van der Waals surface area contributed by atoms with Gasteiger partial charge in [0.05, 0.1) is 6.10 Å². The zero-order valence-corrected chi connectivity index (χ0v) is 11.8. The van der Waals surface area contributed by atoms with Crippen LogP contribution in [0.15, 0.2) is 0 Å². The first kappa shape index (κ1) is 15.1. The summed E-state index contributed by atoms with van der Waals surface area (Å²) < 4.78 is 47.2. The van der Waals surface area contributed by atoms with E-state index in [9.17, 15) is 13.2 Å². The smallest absolute Gasteiger partial charge is 0.134 e. The van der Waals surface area contributed by atoms with Gasteiger partial charge < -0.3 is 4.74 Å². The maximum Gasteiger partial charge on any atom is 0.134 e. The lowest BCUT2D eigenvalue weighted by Crippen LogP contribution is -2.44. The van der Waals surface area contributed by atoms with Crippen LogP contribution in [0.5, 0.6) is 0 Å². The maximum atomic E-state index is 14.1. The molecule has 0 amide bonds. The van der Waals surface area contributed by atoms with Crippen LogP contribution in [-0.4, -0.2) is 31.2 Å². The number of halogens is 3. The summed E-state index contributed by atoms with van der Waals surface area (Å²) >= 11 is 0. The highest BCUT2D eigenvalue weighted by atomic mass is 19.2. The third-order valence-electron chi connectivity index (χ3n) is 4.95. The van der Waals surface area contributed by atoms with Gasteiger partial charge in [-0.3, -0.25) is 0 Å². The van der Waals surface area contributed by atoms with Crippen LogP contribution in [0.25, 0.3) is 0 Å². The topological polar surface area (TPSA) is 9.23 Å². The molecule has 2 fully saturated rings. The van der Waals surface area contributed by atoms with E-state index in [0.29, 0.717) is 32.3 Å². The second kappa shape index (κ2) is 6.47. The molecule has 0 aliphatic heterocycles. The van der Waals surface area contributed by atoms with Crippen molar-refractivity contribution in [3.8, 4) is 0 Å². The second-order valence-electron chi connectivity index (χ2n) is 6.19. The van der Waals surface area contributed by atoms with Crippen LogP contribution >= 0.6 is 0 Å². The van der Waals surface area contributed by atoms with Gasteiger partial charge in [0.2, 0.25) is 0 Å². The molecule has 4 heteroatoms. The Morgan fingerprint density at radius 2 is 1.74 bits per heavy atom. The summed E-state index contributed by atoms with van der Waals surface area (Å²) in [5.74, 6) is -0.522. The predicted octanol–water partition coefficient (Wildman–Crippen LogP) is 4.25. The Kier molecular flexibility index (Phi) is 5.15. The number of rotatable bonds is 3. The number of alkyl halides is 3. The Hall–Kier alpha value is -0.250. The Morgan fingerprint density at radius 1 is 1.00 bits per heavy atom. The van der Waals surface area contributed by atoms with Gasteiger partial charge in [0.25, 0.3) is 0 Å². The van der Waals surface area contributed by atoms with Gasteiger partial charge in [0.1, 0.15) is 18.5 Å². The van der Waals surface area contributed by atoms with Gasteiger partial charge in [-0.15, -0.1) is 0 Å². The van der Waals surface area contributed by atoms with Crippen molar-refractivity contribution in [1.29, 1.82) is 0 Å². The molecule has 0 N–H and O–H groups in total. The van der Waals surface area contributed by atoms with E-state index in [4.69, 9.17) is 4.74 Å². The number of ether oxygens (including phenoxy) is 1. The molecule has 1 nitrogen and oxygen atoms in total.